The average molecular weight is 728 g/mol. The molecule has 3 aromatic rings. The van der Waals surface area contributed by atoms with Crippen LogP contribution in [0.5, 0.6) is 17.2 Å². The van der Waals surface area contributed by atoms with Crippen LogP contribution in [-0.2, 0) is 9.59 Å². The average Bonchev–Trinajstić information content (AvgIpc) is 3.47. The van der Waals surface area contributed by atoms with E-state index in [9.17, 15) is 9.59 Å². The highest BCUT2D eigenvalue weighted by Gasteiger charge is 2.36. The Labute approximate surface area is 288 Å². The van der Waals surface area contributed by atoms with Crippen molar-refractivity contribution in [2.24, 2.45) is 0 Å². The number of ether oxygens (including phenoxy) is 3. The number of piperidine rings is 1. The first kappa shape index (κ1) is 34.6. The van der Waals surface area contributed by atoms with Crippen LogP contribution in [0.25, 0.3) is 0 Å². The molecule has 1 unspecified atom stereocenters. The molecule has 11 nitrogen and oxygen atoms in total. The summed E-state index contributed by atoms with van der Waals surface area (Å²) in [6.07, 6.45) is 5.27. The van der Waals surface area contributed by atoms with E-state index in [1.165, 1.54) is 0 Å². The highest BCUT2D eigenvalue weighted by atomic mass is 79.9. The summed E-state index contributed by atoms with van der Waals surface area (Å²) in [5, 5.41) is 11.9. The maximum atomic E-state index is 14.2. The number of thioether (sulfide) groups is 1. The van der Waals surface area contributed by atoms with Crippen LogP contribution in [0.3, 0.4) is 0 Å². The SMILES string of the molecule is CCCCSc1nc2n(n1)C(c1cc(Br)c(OCC(=O)N3CCCCC3)c(OCC)c1)C(C(=O)Nc1ccccc1OCC)=C(C)N2. The normalized spacial score (nSPS) is 15.9. The Balaban J connectivity index is 1.52. The molecule has 2 aliphatic rings. The molecule has 1 atom stereocenters. The van der Waals surface area contributed by atoms with E-state index in [1.807, 2.05) is 62.1 Å². The second-order valence-electron chi connectivity index (χ2n) is 11.3. The van der Waals surface area contributed by atoms with E-state index in [4.69, 9.17) is 24.3 Å². The number of hydrogen-bond acceptors (Lipinski definition) is 9. The molecule has 0 spiro atoms. The van der Waals surface area contributed by atoms with Gasteiger partial charge in [-0.25, -0.2) is 4.68 Å². The first-order chi connectivity index (χ1) is 22.8. The van der Waals surface area contributed by atoms with Crippen molar-refractivity contribution >= 4 is 51.1 Å². The fourth-order valence-electron chi connectivity index (χ4n) is 5.66. The van der Waals surface area contributed by atoms with Crippen LogP contribution in [0.1, 0.15) is 71.4 Å². The van der Waals surface area contributed by atoms with E-state index in [1.54, 1.807) is 16.4 Å². The van der Waals surface area contributed by atoms with Crippen LogP contribution in [0.4, 0.5) is 11.6 Å². The van der Waals surface area contributed by atoms with Crippen LogP contribution in [-0.4, -0.2) is 70.1 Å². The number of carbonyl (C=O) groups is 2. The molecule has 5 rings (SSSR count). The molecule has 2 amide bonds. The third-order valence-corrected chi connectivity index (χ3v) is 9.45. The summed E-state index contributed by atoms with van der Waals surface area (Å²) in [6.45, 7) is 10.1. The van der Waals surface area contributed by atoms with Gasteiger partial charge in [0, 0.05) is 24.5 Å². The molecule has 0 bridgehead atoms. The number of halogens is 1. The number of amides is 2. The van der Waals surface area contributed by atoms with Crippen molar-refractivity contribution in [3.63, 3.8) is 0 Å². The number of anilines is 2. The van der Waals surface area contributed by atoms with Crippen molar-refractivity contribution in [2.75, 3.05) is 49.3 Å². The van der Waals surface area contributed by atoms with Crippen molar-refractivity contribution in [2.45, 2.75) is 71.0 Å². The zero-order valence-electron chi connectivity index (χ0n) is 27.4. The van der Waals surface area contributed by atoms with Crippen LogP contribution >= 0.6 is 27.7 Å². The number of likely N-dealkylation sites (tertiary alicyclic amines) is 1. The van der Waals surface area contributed by atoms with Crippen molar-refractivity contribution in [1.82, 2.24) is 19.7 Å². The number of aromatic nitrogens is 3. The van der Waals surface area contributed by atoms with E-state index in [0.717, 1.165) is 56.5 Å². The van der Waals surface area contributed by atoms with Gasteiger partial charge in [-0.1, -0.05) is 37.2 Å². The van der Waals surface area contributed by atoms with E-state index in [0.29, 0.717) is 63.0 Å². The molecule has 0 saturated carbocycles. The molecule has 1 fully saturated rings. The van der Waals surface area contributed by atoms with E-state index in [-0.39, 0.29) is 18.4 Å². The molecule has 1 saturated heterocycles. The fourth-order valence-corrected chi connectivity index (χ4v) is 7.15. The lowest BCUT2D eigenvalue weighted by Gasteiger charge is -2.30. The summed E-state index contributed by atoms with van der Waals surface area (Å²) in [4.78, 5) is 33.7. The first-order valence-electron chi connectivity index (χ1n) is 16.3. The van der Waals surface area contributed by atoms with Gasteiger partial charge in [0.1, 0.15) is 11.8 Å². The summed E-state index contributed by atoms with van der Waals surface area (Å²) in [7, 11) is 0. The molecular formula is C34H43BrN6O5S. The second-order valence-corrected chi connectivity index (χ2v) is 13.2. The van der Waals surface area contributed by atoms with Crippen LogP contribution < -0.4 is 24.8 Å². The zero-order chi connectivity index (χ0) is 33.3. The molecule has 13 heteroatoms. The predicted molar refractivity (Wildman–Crippen MR) is 188 cm³/mol. The summed E-state index contributed by atoms with van der Waals surface area (Å²) in [6, 6.07) is 10.5. The van der Waals surface area contributed by atoms with Crippen LogP contribution in [0.15, 0.2) is 57.3 Å². The molecule has 3 heterocycles. The van der Waals surface area contributed by atoms with Crippen molar-refractivity contribution < 1.29 is 23.8 Å². The Morgan fingerprint density at radius 3 is 2.53 bits per heavy atom. The minimum absolute atomic E-state index is 0.0494. The van der Waals surface area contributed by atoms with Gasteiger partial charge in [-0.2, -0.15) is 4.98 Å². The number of fused-ring (bicyclic) bond motifs is 1. The van der Waals surface area contributed by atoms with Crippen LogP contribution in [0, 0.1) is 0 Å². The highest BCUT2D eigenvalue weighted by Crippen LogP contribution is 2.43. The number of rotatable bonds is 14. The smallest absolute Gasteiger partial charge is 0.260 e. The summed E-state index contributed by atoms with van der Waals surface area (Å²) in [5.41, 5.74) is 2.40. The molecule has 0 radical (unpaired) electrons. The van der Waals surface area contributed by atoms with E-state index < -0.39 is 6.04 Å². The van der Waals surface area contributed by atoms with E-state index >= 15 is 0 Å². The number of hydrogen-bond donors (Lipinski definition) is 2. The summed E-state index contributed by atoms with van der Waals surface area (Å²) >= 11 is 5.28. The number of nitrogens with zero attached hydrogens (tertiary/aromatic N) is 4. The van der Waals surface area contributed by atoms with Gasteiger partial charge in [-0.15, -0.1) is 5.10 Å². The lowest BCUT2D eigenvalue weighted by Crippen LogP contribution is -2.38. The van der Waals surface area contributed by atoms with Gasteiger partial charge < -0.3 is 29.7 Å². The van der Waals surface area contributed by atoms with Crippen molar-refractivity contribution in [3.8, 4) is 17.2 Å². The lowest BCUT2D eigenvalue weighted by atomic mass is 9.94. The van der Waals surface area contributed by atoms with Gasteiger partial charge in [-0.05, 0) is 92.2 Å². The summed E-state index contributed by atoms with van der Waals surface area (Å²) in [5.74, 6) is 2.55. The maximum absolute atomic E-state index is 14.2. The quantitative estimate of drug-likeness (QED) is 0.133. The molecule has 2 aliphatic heterocycles. The standard InChI is InChI=1S/C34H43BrN6O5S/c1-5-8-18-47-34-38-33-36-22(4)29(32(43)37-25-14-10-11-15-26(25)44-6-2)30(41(33)39-34)23-19-24(35)31(27(20-23)45-7-3)46-21-28(42)40-16-12-9-13-17-40/h10-11,14-15,19-20,30H,5-9,12-13,16-18,21H2,1-4H3,(H,37,43)(H,36,38,39). The van der Waals surface area contributed by atoms with Gasteiger partial charge in [0.05, 0.1) is 28.9 Å². The monoisotopic (exact) mass is 726 g/mol. The Morgan fingerprint density at radius 2 is 1.79 bits per heavy atom. The second kappa shape index (κ2) is 16.4. The maximum Gasteiger partial charge on any atom is 0.260 e. The van der Waals surface area contributed by atoms with Gasteiger partial charge in [-0.3, -0.25) is 9.59 Å². The Morgan fingerprint density at radius 1 is 1.04 bits per heavy atom. The van der Waals surface area contributed by atoms with Gasteiger partial charge in [0.2, 0.25) is 11.1 Å². The molecule has 47 heavy (non-hydrogen) atoms. The van der Waals surface area contributed by atoms with Crippen molar-refractivity contribution in [3.05, 3.63) is 57.7 Å². The molecule has 2 N–H and O–H groups in total. The number of allylic oxidation sites excluding steroid dienone is 1. The Hall–Kier alpha value is -3.71. The number of benzene rings is 2. The number of unbranched alkanes of at least 4 members (excludes halogenated alkanes) is 1. The zero-order valence-corrected chi connectivity index (χ0v) is 29.8. The minimum atomic E-state index is -0.655. The topological polar surface area (TPSA) is 120 Å². The molecule has 252 valence electrons. The Bertz CT molecular complexity index is 1610. The van der Waals surface area contributed by atoms with Gasteiger partial charge in [0.25, 0.3) is 11.8 Å². The molecular weight excluding hydrogens is 684 g/mol. The van der Waals surface area contributed by atoms with Gasteiger partial charge in [0.15, 0.2) is 18.1 Å². The highest BCUT2D eigenvalue weighted by molar-refractivity contribution is 9.10. The molecule has 1 aromatic heterocycles. The van der Waals surface area contributed by atoms with Gasteiger partial charge >= 0.3 is 0 Å². The lowest BCUT2D eigenvalue weighted by molar-refractivity contribution is -0.134. The number of carbonyl (C=O) groups excluding carboxylic acids is 2. The Kier molecular flexibility index (Phi) is 12.1. The van der Waals surface area contributed by atoms with Crippen molar-refractivity contribution in [1.29, 1.82) is 0 Å². The number of nitrogens with one attached hydrogen (secondary N) is 2. The first-order valence-corrected chi connectivity index (χ1v) is 18.1. The third kappa shape index (κ3) is 8.24. The predicted octanol–water partition coefficient (Wildman–Crippen LogP) is 7.05. The fraction of sp³-hybridized carbons (Fsp3) is 0.471. The van der Waals surface area contributed by atoms with E-state index in [2.05, 4.69) is 33.5 Å². The number of para-hydroxylation sites is 2. The molecule has 0 aliphatic carbocycles. The molecule has 2 aromatic carbocycles. The summed E-state index contributed by atoms with van der Waals surface area (Å²) < 4.78 is 20.3. The minimum Gasteiger partial charge on any atom is -0.492 e. The third-order valence-electron chi connectivity index (χ3n) is 7.94. The largest absolute Gasteiger partial charge is 0.492 e. The van der Waals surface area contributed by atoms with Crippen LogP contribution in [0.2, 0.25) is 0 Å².